The van der Waals surface area contributed by atoms with Gasteiger partial charge < -0.3 is 10.4 Å². The number of aliphatic hydroxyl groups excluding tert-OH is 1. The number of nitrogens with zero attached hydrogens (tertiary/aromatic N) is 1. The van der Waals surface area contributed by atoms with Crippen LogP contribution in [-0.2, 0) is 22.9 Å². The van der Waals surface area contributed by atoms with Crippen molar-refractivity contribution in [1.82, 2.24) is 9.62 Å². The van der Waals surface area contributed by atoms with Crippen molar-refractivity contribution in [2.24, 2.45) is 5.92 Å². The first-order valence-electron chi connectivity index (χ1n) is 9.89. The Balaban J connectivity index is 1.50. The Morgan fingerprint density at radius 1 is 1.33 bits per heavy atom. The molecular weight excluding hydrogens is 508 g/mol. The van der Waals surface area contributed by atoms with Gasteiger partial charge in [0.05, 0.1) is 6.10 Å². The third-order valence-electron chi connectivity index (χ3n) is 5.51. The Morgan fingerprint density at radius 2 is 1.93 bits per heavy atom. The quantitative estimate of drug-likeness (QED) is 0.502. The molecule has 5 nitrogen and oxygen atoms in total. The fourth-order valence-electron chi connectivity index (χ4n) is 4.05. The van der Waals surface area contributed by atoms with Gasteiger partial charge in [-0.1, -0.05) is 35.9 Å². The first-order chi connectivity index (χ1) is 14.0. The molecule has 1 aromatic heterocycles. The van der Waals surface area contributed by atoms with Crippen molar-refractivity contribution < 1.29 is 13.5 Å². The van der Waals surface area contributed by atoms with Crippen molar-refractivity contribution in [2.75, 3.05) is 20.1 Å². The average Bonchev–Trinajstić information content (AvgIpc) is 3.22. The van der Waals surface area contributed by atoms with Crippen LogP contribution in [0.1, 0.15) is 31.4 Å². The fraction of sp³-hybridized carbons (Fsp3) is 0.524. The van der Waals surface area contributed by atoms with Crippen LogP contribution in [0.15, 0.2) is 39.0 Å². The summed E-state index contributed by atoms with van der Waals surface area (Å²) in [6.07, 6.45) is 2.35. The van der Waals surface area contributed by atoms with E-state index in [9.17, 15) is 13.5 Å². The van der Waals surface area contributed by atoms with Gasteiger partial charge in [-0.25, -0.2) is 8.42 Å². The van der Waals surface area contributed by atoms with Crippen molar-refractivity contribution in [3.63, 3.8) is 0 Å². The molecule has 1 aliphatic carbocycles. The summed E-state index contributed by atoms with van der Waals surface area (Å²) >= 11 is 10.2. The first-order valence-corrected chi connectivity index (χ1v) is 13.3. The molecule has 1 aliphatic rings. The average molecular weight is 536 g/mol. The Bertz CT molecular complexity index is 949. The lowest BCUT2D eigenvalue weighted by molar-refractivity contribution is 0.135. The van der Waals surface area contributed by atoms with Crippen LogP contribution in [0.3, 0.4) is 0 Å². The van der Waals surface area contributed by atoms with Crippen LogP contribution in [0.2, 0.25) is 4.34 Å². The molecule has 0 aliphatic heterocycles. The SMILES string of the molecule is CN(CC(O)CNC(C)(C)CC1Cc2ccccc2C1)S(=O)(=O)c1cc(Br)c(Cl)s1. The van der Waals surface area contributed by atoms with Gasteiger partial charge in [0.2, 0.25) is 0 Å². The third kappa shape index (κ3) is 5.85. The number of benzene rings is 1. The smallest absolute Gasteiger partial charge is 0.252 e. The lowest BCUT2D eigenvalue weighted by Gasteiger charge is -2.31. The molecule has 0 spiro atoms. The Kier molecular flexibility index (Phi) is 7.71. The van der Waals surface area contributed by atoms with E-state index in [1.54, 1.807) is 0 Å². The zero-order chi connectivity index (χ0) is 22.1. The lowest BCUT2D eigenvalue weighted by atomic mass is 9.88. The molecule has 1 atom stereocenters. The van der Waals surface area contributed by atoms with E-state index >= 15 is 0 Å². The summed E-state index contributed by atoms with van der Waals surface area (Å²) in [5.74, 6) is 0.576. The number of hydrogen-bond acceptors (Lipinski definition) is 5. The normalized spacial score (nSPS) is 16.2. The highest BCUT2D eigenvalue weighted by atomic mass is 79.9. The van der Waals surface area contributed by atoms with Crippen molar-refractivity contribution in [3.05, 3.63) is 50.3 Å². The lowest BCUT2D eigenvalue weighted by Crippen LogP contribution is -2.47. The zero-order valence-electron chi connectivity index (χ0n) is 17.4. The summed E-state index contributed by atoms with van der Waals surface area (Å²) in [7, 11) is -2.22. The van der Waals surface area contributed by atoms with Gasteiger partial charge in [0.1, 0.15) is 8.55 Å². The van der Waals surface area contributed by atoms with Gasteiger partial charge >= 0.3 is 0 Å². The predicted octanol–water partition coefficient (Wildman–Crippen LogP) is 4.32. The molecule has 2 aromatic rings. The summed E-state index contributed by atoms with van der Waals surface area (Å²) in [4.78, 5) is 0. The number of aliphatic hydroxyl groups is 1. The maximum absolute atomic E-state index is 12.7. The van der Waals surface area contributed by atoms with E-state index in [1.807, 2.05) is 0 Å². The summed E-state index contributed by atoms with van der Waals surface area (Å²) in [5, 5.41) is 13.9. The van der Waals surface area contributed by atoms with Gasteiger partial charge in [-0.2, -0.15) is 4.31 Å². The second-order valence-corrected chi connectivity index (χ2v) is 13.4. The number of halogens is 2. The summed E-state index contributed by atoms with van der Waals surface area (Å²) in [6.45, 7) is 4.59. The molecule has 30 heavy (non-hydrogen) atoms. The van der Waals surface area contributed by atoms with E-state index in [-0.39, 0.29) is 16.3 Å². The molecule has 0 saturated carbocycles. The molecule has 0 saturated heterocycles. The maximum Gasteiger partial charge on any atom is 0.252 e. The minimum atomic E-state index is -3.69. The molecule has 0 fully saturated rings. The minimum Gasteiger partial charge on any atom is -0.390 e. The number of rotatable bonds is 9. The standard InChI is InChI=1S/C21H28BrClN2O3S2/c1-21(2,11-14-8-15-6-4-5-7-16(15)9-14)24-12-17(26)13-25(3)30(27,28)19-10-18(22)20(23)29-19/h4-7,10,14,17,24,26H,8-9,11-13H2,1-3H3. The number of hydrogen-bond donors (Lipinski definition) is 2. The van der Waals surface area contributed by atoms with E-state index < -0.39 is 16.1 Å². The number of sulfonamides is 1. The number of fused-ring (bicyclic) bond motifs is 1. The molecule has 0 bridgehead atoms. The highest BCUT2D eigenvalue weighted by Gasteiger charge is 2.30. The van der Waals surface area contributed by atoms with Crippen LogP contribution in [0, 0.1) is 5.92 Å². The van der Waals surface area contributed by atoms with Gasteiger partial charge in [0, 0.05) is 30.1 Å². The van der Waals surface area contributed by atoms with Crippen LogP contribution >= 0.6 is 38.9 Å². The molecule has 0 amide bonds. The Morgan fingerprint density at radius 3 is 2.47 bits per heavy atom. The van der Waals surface area contributed by atoms with Crippen LogP contribution in [-0.4, -0.2) is 49.6 Å². The fourth-order valence-corrected chi connectivity index (χ4v) is 7.77. The number of nitrogens with one attached hydrogen (secondary N) is 1. The van der Waals surface area contributed by atoms with Crippen LogP contribution < -0.4 is 5.32 Å². The molecule has 0 radical (unpaired) electrons. The van der Waals surface area contributed by atoms with Crippen molar-refractivity contribution in [1.29, 1.82) is 0 Å². The van der Waals surface area contributed by atoms with Crippen molar-refractivity contribution >= 4 is 48.9 Å². The van der Waals surface area contributed by atoms with Gasteiger partial charge in [-0.15, -0.1) is 11.3 Å². The molecule has 1 aromatic carbocycles. The summed E-state index contributed by atoms with van der Waals surface area (Å²) in [6, 6.07) is 10.1. The molecule has 1 heterocycles. The Hall–Kier alpha value is -0.480. The van der Waals surface area contributed by atoms with E-state index in [0.717, 1.165) is 30.6 Å². The molecule has 3 rings (SSSR count). The highest BCUT2D eigenvalue weighted by molar-refractivity contribution is 9.10. The Labute approximate surface area is 196 Å². The second kappa shape index (κ2) is 9.57. The monoisotopic (exact) mass is 534 g/mol. The third-order valence-corrected chi connectivity index (χ3v) is 10.3. The van der Waals surface area contributed by atoms with Crippen molar-refractivity contribution in [2.45, 2.75) is 49.0 Å². The molecular formula is C21H28BrClN2O3S2. The van der Waals surface area contributed by atoms with E-state index in [0.29, 0.717) is 21.3 Å². The topological polar surface area (TPSA) is 69.6 Å². The molecule has 2 N–H and O–H groups in total. The zero-order valence-corrected chi connectivity index (χ0v) is 21.3. The van der Waals surface area contributed by atoms with Crippen LogP contribution in [0.25, 0.3) is 0 Å². The van der Waals surface area contributed by atoms with E-state index in [2.05, 4.69) is 59.4 Å². The van der Waals surface area contributed by atoms with Crippen molar-refractivity contribution in [3.8, 4) is 0 Å². The summed E-state index contributed by atoms with van der Waals surface area (Å²) in [5.41, 5.74) is 2.72. The molecule has 166 valence electrons. The predicted molar refractivity (Wildman–Crippen MR) is 127 cm³/mol. The molecule has 9 heteroatoms. The van der Waals surface area contributed by atoms with Crippen LogP contribution in [0.4, 0.5) is 0 Å². The minimum absolute atomic E-state index is 0.00736. The summed E-state index contributed by atoms with van der Waals surface area (Å²) < 4.78 is 27.7. The van der Waals surface area contributed by atoms with Gasteiger partial charge in [-0.3, -0.25) is 0 Å². The van der Waals surface area contributed by atoms with Gasteiger partial charge in [0.15, 0.2) is 0 Å². The van der Waals surface area contributed by atoms with Crippen LogP contribution in [0.5, 0.6) is 0 Å². The first kappa shape index (κ1) is 24.2. The number of β-amino-alcohol motifs (C(OH)–C–C–N with tert-alkyl or cyclic N) is 1. The number of likely N-dealkylation sites (N-methyl/N-ethyl adjacent to an activating group) is 1. The largest absolute Gasteiger partial charge is 0.390 e. The number of thiophene rings is 1. The van der Waals surface area contributed by atoms with Gasteiger partial charge in [0.25, 0.3) is 10.0 Å². The van der Waals surface area contributed by atoms with E-state index in [4.69, 9.17) is 11.6 Å². The maximum atomic E-state index is 12.7. The highest BCUT2D eigenvalue weighted by Crippen LogP contribution is 2.36. The van der Waals surface area contributed by atoms with E-state index in [1.165, 1.54) is 28.5 Å². The van der Waals surface area contributed by atoms with Gasteiger partial charge in [-0.05, 0) is 72.2 Å². The second-order valence-electron chi connectivity index (χ2n) is 8.64. The molecule has 1 unspecified atom stereocenters.